The largest absolute Gasteiger partial charge is 0.465 e. The monoisotopic (exact) mass is 291 g/mol. The highest BCUT2D eigenvalue weighted by Crippen LogP contribution is 2.21. The number of hydrogen-bond acceptors (Lipinski definition) is 4. The summed E-state index contributed by atoms with van der Waals surface area (Å²) in [5.41, 5.74) is 0.432. The Morgan fingerprint density at radius 1 is 1.19 bits per heavy atom. The highest BCUT2D eigenvalue weighted by molar-refractivity contribution is 5.89. The van der Waals surface area contributed by atoms with Gasteiger partial charge >= 0.3 is 12.1 Å². The van der Waals surface area contributed by atoms with E-state index in [4.69, 9.17) is 4.74 Å². The summed E-state index contributed by atoms with van der Waals surface area (Å²) in [6.07, 6.45) is 2.91. The van der Waals surface area contributed by atoms with Gasteiger partial charge in [0.15, 0.2) is 0 Å². The molecule has 0 N–H and O–H groups in total. The molecule has 0 bridgehead atoms. The van der Waals surface area contributed by atoms with E-state index in [1.165, 1.54) is 7.11 Å². The number of carbonyl (C=O) groups excluding carboxylic acids is 2. The van der Waals surface area contributed by atoms with E-state index in [1.807, 2.05) is 0 Å². The van der Waals surface area contributed by atoms with E-state index < -0.39 is 5.97 Å². The van der Waals surface area contributed by atoms with Gasteiger partial charge in [-0.15, -0.1) is 0 Å². The molecule has 114 valence electrons. The first kappa shape index (κ1) is 15.4. The smallest absolute Gasteiger partial charge is 0.415 e. The zero-order valence-electron chi connectivity index (χ0n) is 12.5. The van der Waals surface area contributed by atoms with E-state index in [2.05, 4.69) is 11.7 Å². The number of ether oxygens (including phenoxy) is 2. The summed E-state index contributed by atoms with van der Waals surface area (Å²) in [6.45, 7) is 3.68. The maximum absolute atomic E-state index is 12.0. The van der Waals surface area contributed by atoms with Crippen LogP contribution in [0, 0.1) is 5.92 Å². The fraction of sp³-hybridized carbons (Fsp3) is 0.500. The Morgan fingerprint density at radius 2 is 1.81 bits per heavy atom. The van der Waals surface area contributed by atoms with Crippen molar-refractivity contribution in [3.8, 4) is 5.75 Å². The first-order valence-electron chi connectivity index (χ1n) is 7.29. The van der Waals surface area contributed by atoms with Crippen LogP contribution in [0.5, 0.6) is 5.75 Å². The molecular formula is C16H21NO4. The molecule has 1 amide bonds. The number of esters is 1. The first-order valence-corrected chi connectivity index (χ1v) is 7.29. The average Bonchev–Trinajstić information content (AvgIpc) is 2.55. The van der Waals surface area contributed by atoms with Gasteiger partial charge in [-0.25, -0.2) is 9.59 Å². The molecule has 2 rings (SSSR count). The molecule has 0 aromatic heterocycles. The van der Waals surface area contributed by atoms with Gasteiger partial charge in [-0.1, -0.05) is 13.3 Å². The highest BCUT2D eigenvalue weighted by atomic mass is 16.6. The predicted molar refractivity (Wildman–Crippen MR) is 78.4 cm³/mol. The number of nitrogens with zero attached hydrogens (tertiary/aromatic N) is 1. The van der Waals surface area contributed by atoms with Crippen molar-refractivity contribution in [2.24, 2.45) is 5.92 Å². The molecule has 0 unspecified atom stereocenters. The van der Waals surface area contributed by atoms with Crippen LogP contribution in [-0.2, 0) is 4.74 Å². The third-order valence-electron chi connectivity index (χ3n) is 3.93. The lowest BCUT2D eigenvalue weighted by Crippen LogP contribution is -2.40. The molecule has 0 spiro atoms. The van der Waals surface area contributed by atoms with E-state index in [-0.39, 0.29) is 6.09 Å². The Hall–Kier alpha value is -2.04. The number of amides is 1. The van der Waals surface area contributed by atoms with Gasteiger partial charge in [0.1, 0.15) is 5.75 Å². The number of likely N-dealkylation sites (tertiary alicyclic amines) is 1. The number of rotatable bonds is 3. The third-order valence-corrected chi connectivity index (χ3v) is 3.93. The van der Waals surface area contributed by atoms with E-state index in [0.717, 1.165) is 32.4 Å². The van der Waals surface area contributed by atoms with Gasteiger partial charge in [-0.05, 0) is 43.0 Å². The number of piperidine rings is 1. The van der Waals surface area contributed by atoms with Crippen LogP contribution in [0.3, 0.4) is 0 Å². The van der Waals surface area contributed by atoms with Gasteiger partial charge in [-0.3, -0.25) is 0 Å². The normalized spacial score (nSPS) is 15.6. The second-order valence-electron chi connectivity index (χ2n) is 5.22. The van der Waals surface area contributed by atoms with Crippen molar-refractivity contribution in [2.75, 3.05) is 20.2 Å². The van der Waals surface area contributed by atoms with Crippen molar-refractivity contribution in [1.29, 1.82) is 0 Å². The molecule has 1 saturated heterocycles. The fourth-order valence-electron chi connectivity index (χ4n) is 2.47. The third kappa shape index (κ3) is 3.97. The Balaban J connectivity index is 1.89. The van der Waals surface area contributed by atoms with Crippen LogP contribution in [0.4, 0.5) is 4.79 Å². The van der Waals surface area contributed by atoms with Crippen LogP contribution in [0.25, 0.3) is 0 Å². The Kier molecular flexibility index (Phi) is 5.20. The average molecular weight is 291 g/mol. The molecule has 1 fully saturated rings. The van der Waals surface area contributed by atoms with Gasteiger partial charge in [0, 0.05) is 13.1 Å². The van der Waals surface area contributed by atoms with Crippen LogP contribution in [-0.4, -0.2) is 37.2 Å². The van der Waals surface area contributed by atoms with Crippen LogP contribution in [0.2, 0.25) is 0 Å². The molecule has 21 heavy (non-hydrogen) atoms. The van der Waals surface area contributed by atoms with E-state index in [1.54, 1.807) is 29.2 Å². The minimum absolute atomic E-state index is 0.324. The maximum atomic E-state index is 12.0. The van der Waals surface area contributed by atoms with Crippen molar-refractivity contribution in [3.05, 3.63) is 29.8 Å². The summed E-state index contributed by atoms with van der Waals surface area (Å²) in [4.78, 5) is 25.1. The van der Waals surface area contributed by atoms with Gasteiger partial charge in [0.25, 0.3) is 0 Å². The molecule has 0 radical (unpaired) electrons. The van der Waals surface area contributed by atoms with E-state index >= 15 is 0 Å². The SMILES string of the molecule is CCC1CCN(C(=O)Oc2ccc(C(=O)OC)cc2)CC1. The zero-order valence-corrected chi connectivity index (χ0v) is 12.5. The molecule has 5 heteroatoms. The lowest BCUT2D eigenvalue weighted by atomic mass is 9.95. The van der Waals surface area contributed by atoms with Crippen molar-refractivity contribution < 1.29 is 19.1 Å². The Bertz CT molecular complexity index is 490. The summed E-state index contributed by atoms with van der Waals surface area (Å²) < 4.78 is 9.94. The summed E-state index contributed by atoms with van der Waals surface area (Å²) in [5.74, 6) is 0.744. The predicted octanol–water partition coefficient (Wildman–Crippen LogP) is 3.09. The number of benzene rings is 1. The molecular weight excluding hydrogens is 270 g/mol. The lowest BCUT2D eigenvalue weighted by molar-refractivity contribution is 0.0600. The van der Waals surface area contributed by atoms with Gasteiger partial charge in [-0.2, -0.15) is 0 Å². The van der Waals surface area contributed by atoms with Gasteiger partial charge < -0.3 is 14.4 Å². The second kappa shape index (κ2) is 7.11. The van der Waals surface area contributed by atoms with Gasteiger partial charge in [0.2, 0.25) is 0 Å². The highest BCUT2D eigenvalue weighted by Gasteiger charge is 2.23. The van der Waals surface area contributed by atoms with Crippen molar-refractivity contribution in [1.82, 2.24) is 4.90 Å². The summed E-state index contributed by atoms with van der Waals surface area (Å²) >= 11 is 0. The number of methoxy groups -OCH3 is 1. The summed E-state index contributed by atoms with van der Waals surface area (Å²) in [7, 11) is 1.33. The summed E-state index contributed by atoms with van der Waals surface area (Å²) in [6, 6.07) is 6.36. The van der Waals surface area contributed by atoms with E-state index in [9.17, 15) is 9.59 Å². The zero-order chi connectivity index (χ0) is 15.2. The van der Waals surface area contributed by atoms with Crippen molar-refractivity contribution in [2.45, 2.75) is 26.2 Å². The molecule has 1 heterocycles. The van der Waals surface area contributed by atoms with Crippen LogP contribution >= 0.6 is 0 Å². The Morgan fingerprint density at radius 3 is 2.33 bits per heavy atom. The van der Waals surface area contributed by atoms with Gasteiger partial charge in [0.05, 0.1) is 12.7 Å². The standard InChI is InChI=1S/C16H21NO4/c1-3-12-8-10-17(11-9-12)16(19)21-14-6-4-13(5-7-14)15(18)20-2/h4-7,12H,3,8-11H2,1-2H3. The maximum Gasteiger partial charge on any atom is 0.415 e. The molecule has 5 nitrogen and oxygen atoms in total. The molecule has 0 aliphatic carbocycles. The van der Waals surface area contributed by atoms with Crippen LogP contribution < -0.4 is 4.74 Å². The van der Waals surface area contributed by atoms with Crippen molar-refractivity contribution >= 4 is 12.1 Å². The molecule has 0 atom stereocenters. The molecule has 1 aromatic rings. The second-order valence-corrected chi connectivity index (χ2v) is 5.22. The minimum Gasteiger partial charge on any atom is -0.465 e. The van der Waals surface area contributed by atoms with Crippen LogP contribution in [0.15, 0.2) is 24.3 Å². The number of carbonyl (C=O) groups is 2. The molecule has 0 saturated carbocycles. The minimum atomic E-state index is -0.408. The van der Waals surface area contributed by atoms with Crippen LogP contribution in [0.1, 0.15) is 36.5 Å². The first-order chi connectivity index (χ1) is 10.1. The molecule has 1 aliphatic rings. The summed E-state index contributed by atoms with van der Waals surface area (Å²) in [5, 5.41) is 0. The number of hydrogen-bond donors (Lipinski definition) is 0. The molecule has 1 aliphatic heterocycles. The Labute approximate surface area is 124 Å². The topological polar surface area (TPSA) is 55.8 Å². The quantitative estimate of drug-likeness (QED) is 0.803. The van der Waals surface area contributed by atoms with Crippen molar-refractivity contribution in [3.63, 3.8) is 0 Å². The fourth-order valence-corrected chi connectivity index (χ4v) is 2.47. The molecule has 1 aromatic carbocycles. The van der Waals surface area contributed by atoms with E-state index in [0.29, 0.717) is 17.2 Å². The lowest BCUT2D eigenvalue weighted by Gasteiger charge is -2.30.